The second kappa shape index (κ2) is 10.5. The Morgan fingerprint density at radius 1 is 0.852 bits per heavy atom. The molecule has 27 heavy (non-hydrogen) atoms. The summed E-state index contributed by atoms with van der Waals surface area (Å²) < 4.78 is 10.2. The molecule has 1 fully saturated rings. The summed E-state index contributed by atoms with van der Waals surface area (Å²) in [6.07, 6.45) is 0.589. The standard InChI is InChI=1S/C20H28N2O5/c1-3-26-17-7-5-16(6-8-17)15-19(24)22-13-11-21(12-14-22)18(23)9-10-20(25)27-4-2/h5-8H,3-4,9-15H2,1-2H3. The quantitative estimate of drug-likeness (QED) is 0.645. The Morgan fingerprint density at radius 2 is 1.44 bits per heavy atom. The maximum Gasteiger partial charge on any atom is 0.306 e. The van der Waals surface area contributed by atoms with Crippen LogP contribution in [0.4, 0.5) is 0 Å². The van der Waals surface area contributed by atoms with Crippen LogP contribution in [-0.4, -0.2) is 67.0 Å². The minimum atomic E-state index is -0.352. The second-order valence-electron chi connectivity index (χ2n) is 6.32. The number of carbonyl (C=O) groups is 3. The molecule has 0 aromatic heterocycles. The Labute approximate surface area is 160 Å². The van der Waals surface area contributed by atoms with Crippen LogP contribution in [0.15, 0.2) is 24.3 Å². The number of rotatable bonds is 8. The van der Waals surface area contributed by atoms with Crippen LogP contribution in [0.1, 0.15) is 32.3 Å². The van der Waals surface area contributed by atoms with Crippen molar-refractivity contribution in [3.8, 4) is 5.75 Å². The second-order valence-corrected chi connectivity index (χ2v) is 6.32. The molecule has 1 heterocycles. The van der Waals surface area contributed by atoms with Gasteiger partial charge in [0.25, 0.3) is 0 Å². The first kappa shape index (κ1) is 20.7. The molecule has 0 spiro atoms. The van der Waals surface area contributed by atoms with E-state index in [1.165, 1.54) is 0 Å². The molecule has 1 saturated heterocycles. The molecular formula is C20H28N2O5. The van der Waals surface area contributed by atoms with Gasteiger partial charge in [-0.2, -0.15) is 0 Å². The minimum Gasteiger partial charge on any atom is -0.494 e. The van der Waals surface area contributed by atoms with Crippen molar-refractivity contribution in [1.29, 1.82) is 0 Å². The first-order valence-electron chi connectivity index (χ1n) is 9.46. The highest BCUT2D eigenvalue weighted by molar-refractivity contribution is 5.82. The van der Waals surface area contributed by atoms with Crippen LogP contribution < -0.4 is 4.74 Å². The van der Waals surface area contributed by atoms with E-state index < -0.39 is 0 Å². The summed E-state index contributed by atoms with van der Waals surface area (Å²) in [6, 6.07) is 7.54. The van der Waals surface area contributed by atoms with Crippen LogP contribution in [0.2, 0.25) is 0 Å². The van der Waals surface area contributed by atoms with Crippen LogP contribution >= 0.6 is 0 Å². The van der Waals surface area contributed by atoms with E-state index in [4.69, 9.17) is 9.47 Å². The van der Waals surface area contributed by atoms with Gasteiger partial charge in [0.15, 0.2) is 0 Å². The lowest BCUT2D eigenvalue weighted by atomic mass is 10.1. The zero-order valence-corrected chi connectivity index (χ0v) is 16.1. The summed E-state index contributed by atoms with van der Waals surface area (Å²) in [7, 11) is 0. The van der Waals surface area contributed by atoms with Gasteiger partial charge >= 0.3 is 5.97 Å². The summed E-state index contributed by atoms with van der Waals surface area (Å²) in [6.45, 7) is 6.63. The molecule has 7 nitrogen and oxygen atoms in total. The van der Waals surface area contributed by atoms with Crippen molar-refractivity contribution in [3.05, 3.63) is 29.8 Å². The van der Waals surface area contributed by atoms with Gasteiger partial charge < -0.3 is 19.3 Å². The maximum atomic E-state index is 12.5. The van der Waals surface area contributed by atoms with Crippen LogP contribution in [0.5, 0.6) is 5.75 Å². The smallest absolute Gasteiger partial charge is 0.306 e. The molecule has 1 aromatic carbocycles. The topological polar surface area (TPSA) is 76.2 Å². The van der Waals surface area contributed by atoms with E-state index in [1.807, 2.05) is 31.2 Å². The van der Waals surface area contributed by atoms with Gasteiger partial charge in [0.1, 0.15) is 5.75 Å². The minimum absolute atomic E-state index is 0.0535. The van der Waals surface area contributed by atoms with Crippen molar-refractivity contribution in [2.75, 3.05) is 39.4 Å². The molecular weight excluding hydrogens is 348 g/mol. The summed E-state index contributed by atoms with van der Waals surface area (Å²) >= 11 is 0. The Morgan fingerprint density at radius 3 is 2.00 bits per heavy atom. The average Bonchev–Trinajstić information content (AvgIpc) is 2.68. The zero-order chi connectivity index (χ0) is 19.6. The number of hydrogen-bond donors (Lipinski definition) is 0. The third kappa shape index (κ3) is 6.58. The van der Waals surface area contributed by atoms with E-state index in [1.54, 1.807) is 16.7 Å². The van der Waals surface area contributed by atoms with Crippen molar-refractivity contribution < 1.29 is 23.9 Å². The summed E-state index contributed by atoms with van der Waals surface area (Å²) in [5.41, 5.74) is 0.941. The van der Waals surface area contributed by atoms with Crippen LogP contribution in [-0.2, 0) is 25.5 Å². The molecule has 0 unspecified atom stereocenters. The van der Waals surface area contributed by atoms with E-state index in [-0.39, 0.29) is 30.6 Å². The number of esters is 1. The lowest BCUT2D eigenvalue weighted by Gasteiger charge is -2.35. The van der Waals surface area contributed by atoms with Crippen molar-refractivity contribution >= 4 is 17.8 Å². The number of nitrogens with zero attached hydrogens (tertiary/aromatic N) is 2. The molecule has 0 bridgehead atoms. The number of ether oxygens (including phenoxy) is 2. The first-order chi connectivity index (χ1) is 13.0. The first-order valence-corrected chi connectivity index (χ1v) is 9.46. The lowest BCUT2D eigenvalue weighted by molar-refractivity contribution is -0.146. The van der Waals surface area contributed by atoms with Gasteiger partial charge in [-0.05, 0) is 31.5 Å². The molecule has 7 heteroatoms. The summed E-state index contributed by atoms with van der Waals surface area (Å²) in [5.74, 6) is 0.429. The molecule has 0 N–H and O–H groups in total. The average molecular weight is 376 g/mol. The third-order valence-corrected chi connectivity index (χ3v) is 4.42. The van der Waals surface area contributed by atoms with Crippen molar-refractivity contribution in [1.82, 2.24) is 9.80 Å². The molecule has 2 amide bonds. The predicted octanol–water partition coefficient (Wildman–Crippen LogP) is 1.64. The van der Waals surface area contributed by atoms with Crippen LogP contribution in [0, 0.1) is 0 Å². The molecule has 0 atom stereocenters. The number of benzene rings is 1. The Balaban J connectivity index is 1.75. The van der Waals surface area contributed by atoms with Crippen molar-refractivity contribution in [2.45, 2.75) is 33.1 Å². The zero-order valence-electron chi connectivity index (χ0n) is 16.1. The van der Waals surface area contributed by atoms with E-state index in [0.717, 1.165) is 11.3 Å². The van der Waals surface area contributed by atoms with E-state index >= 15 is 0 Å². The SMILES string of the molecule is CCOC(=O)CCC(=O)N1CCN(C(=O)Cc2ccc(OCC)cc2)CC1. The van der Waals surface area contributed by atoms with Crippen LogP contribution in [0.3, 0.4) is 0 Å². The van der Waals surface area contributed by atoms with Gasteiger partial charge in [0.05, 0.1) is 26.1 Å². The van der Waals surface area contributed by atoms with Crippen molar-refractivity contribution in [3.63, 3.8) is 0 Å². The van der Waals surface area contributed by atoms with Crippen LogP contribution in [0.25, 0.3) is 0 Å². The Kier molecular flexibility index (Phi) is 8.10. The lowest BCUT2D eigenvalue weighted by Crippen LogP contribution is -2.51. The summed E-state index contributed by atoms with van der Waals surface area (Å²) in [5, 5.41) is 0. The third-order valence-electron chi connectivity index (χ3n) is 4.42. The Bertz CT molecular complexity index is 636. The number of hydrogen-bond acceptors (Lipinski definition) is 5. The predicted molar refractivity (Wildman–Crippen MR) is 100 cm³/mol. The van der Waals surface area contributed by atoms with E-state index in [9.17, 15) is 14.4 Å². The molecule has 148 valence electrons. The number of piperazine rings is 1. The number of amides is 2. The highest BCUT2D eigenvalue weighted by atomic mass is 16.5. The molecule has 1 aromatic rings. The van der Waals surface area contributed by atoms with Gasteiger partial charge in [0.2, 0.25) is 11.8 Å². The van der Waals surface area contributed by atoms with Crippen molar-refractivity contribution in [2.24, 2.45) is 0 Å². The highest BCUT2D eigenvalue weighted by Crippen LogP contribution is 2.14. The molecule has 0 saturated carbocycles. The summed E-state index contributed by atoms with van der Waals surface area (Å²) in [4.78, 5) is 39.5. The Hall–Kier alpha value is -2.57. The highest BCUT2D eigenvalue weighted by Gasteiger charge is 2.24. The largest absolute Gasteiger partial charge is 0.494 e. The molecule has 1 aliphatic rings. The van der Waals surface area contributed by atoms with Gasteiger partial charge in [-0.15, -0.1) is 0 Å². The van der Waals surface area contributed by atoms with Gasteiger partial charge in [0, 0.05) is 32.6 Å². The molecule has 2 rings (SSSR count). The number of carbonyl (C=O) groups excluding carboxylic acids is 3. The fraction of sp³-hybridized carbons (Fsp3) is 0.550. The van der Waals surface area contributed by atoms with Gasteiger partial charge in [-0.1, -0.05) is 12.1 Å². The molecule has 0 radical (unpaired) electrons. The van der Waals surface area contributed by atoms with Gasteiger partial charge in [-0.3, -0.25) is 14.4 Å². The monoisotopic (exact) mass is 376 g/mol. The fourth-order valence-electron chi connectivity index (χ4n) is 2.96. The fourth-order valence-corrected chi connectivity index (χ4v) is 2.96. The molecule has 0 aliphatic carbocycles. The van der Waals surface area contributed by atoms with Gasteiger partial charge in [-0.25, -0.2) is 0 Å². The molecule has 1 aliphatic heterocycles. The maximum absolute atomic E-state index is 12.5. The van der Waals surface area contributed by atoms with E-state index in [0.29, 0.717) is 45.8 Å². The normalized spacial score (nSPS) is 14.0. The van der Waals surface area contributed by atoms with E-state index in [2.05, 4.69) is 0 Å².